The Morgan fingerprint density at radius 2 is 1.80 bits per heavy atom. The van der Waals surface area contributed by atoms with Crippen molar-refractivity contribution in [2.24, 2.45) is 0 Å². The fourth-order valence-corrected chi connectivity index (χ4v) is 2.27. The number of nitro groups is 1. The number of fused-ring (bicyclic) bond motifs is 1. The van der Waals surface area contributed by atoms with E-state index in [1.807, 2.05) is 25.1 Å². The van der Waals surface area contributed by atoms with Gasteiger partial charge in [0, 0.05) is 23.7 Å². The van der Waals surface area contributed by atoms with Crippen molar-refractivity contribution in [1.29, 1.82) is 0 Å². The van der Waals surface area contributed by atoms with Gasteiger partial charge in [-0.15, -0.1) is 0 Å². The van der Waals surface area contributed by atoms with Crippen molar-refractivity contribution in [2.75, 3.05) is 0 Å². The molecule has 3 aromatic rings. The van der Waals surface area contributed by atoms with Crippen LogP contribution in [0.4, 0.5) is 5.69 Å². The molecule has 0 aliphatic heterocycles. The van der Waals surface area contributed by atoms with Crippen molar-refractivity contribution in [3.8, 4) is 11.1 Å². The molecular weight excluding hydrogens is 252 g/mol. The van der Waals surface area contributed by atoms with Crippen LogP contribution in [0.5, 0.6) is 0 Å². The Balaban J connectivity index is 2.18. The molecule has 0 amide bonds. The molecule has 4 nitrogen and oxygen atoms in total. The molecule has 0 spiro atoms. The fraction of sp³-hybridized carbons (Fsp3) is 0.0625. The quantitative estimate of drug-likeness (QED) is 0.516. The van der Waals surface area contributed by atoms with Crippen LogP contribution in [-0.2, 0) is 0 Å². The highest BCUT2D eigenvalue weighted by Crippen LogP contribution is 2.29. The van der Waals surface area contributed by atoms with Gasteiger partial charge in [-0.05, 0) is 48.4 Å². The second-order valence-corrected chi connectivity index (χ2v) is 4.68. The van der Waals surface area contributed by atoms with Gasteiger partial charge in [0.25, 0.3) is 5.69 Å². The van der Waals surface area contributed by atoms with Crippen LogP contribution in [0.15, 0.2) is 54.7 Å². The molecule has 2 aromatic carbocycles. The van der Waals surface area contributed by atoms with Gasteiger partial charge in [-0.1, -0.05) is 11.6 Å². The number of pyridine rings is 1. The Kier molecular flexibility index (Phi) is 2.91. The maximum absolute atomic E-state index is 10.7. The number of nitro benzene ring substituents is 1. The number of non-ortho nitro benzene ring substituents is 1. The monoisotopic (exact) mass is 264 g/mol. The highest BCUT2D eigenvalue weighted by Gasteiger charge is 2.08. The van der Waals surface area contributed by atoms with Crippen LogP contribution < -0.4 is 0 Å². The maximum atomic E-state index is 10.7. The normalized spacial score (nSPS) is 10.7. The van der Waals surface area contributed by atoms with E-state index in [-0.39, 0.29) is 5.69 Å². The zero-order valence-corrected chi connectivity index (χ0v) is 10.9. The second-order valence-electron chi connectivity index (χ2n) is 4.68. The zero-order chi connectivity index (χ0) is 14.1. The van der Waals surface area contributed by atoms with Gasteiger partial charge >= 0.3 is 0 Å². The van der Waals surface area contributed by atoms with Crippen LogP contribution in [0.3, 0.4) is 0 Å². The molecule has 0 bridgehead atoms. The summed E-state index contributed by atoms with van der Waals surface area (Å²) in [6.07, 6.45) is 1.76. The molecule has 0 unspecified atom stereocenters. The molecule has 0 aliphatic rings. The van der Waals surface area contributed by atoms with Gasteiger partial charge in [-0.25, -0.2) is 0 Å². The molecule has 20 heavy (non-hydrogen) atoms. The molecule has 4 heteroatoms. The van der Waals surface area contributed by atoms with Crippen LogP contribution >= 0.6 is 0 Å². The first-order chi connectivity index (χ1) is 9.65. The number of nitrogens with zero attached hydrogens (tertiary/aromatic N) is 2. The van der Waals surface area contributed by atoms with Crippen molar-refractivity contribution in [3.05, 3.63) is 70.4 Å². The molecule has 0 aliphatic carbocycles. The number of hydrogen-bond acceptors (Lipinski definition) is 3. The molecular formula is C16H12N2O2. The highest BCUT2D eigenvalue weighted by molar-refractivity contribution is 5.94. The van der Waals surface area contributed by atoms with E-state index >= 15 is 0 Å². The average molecular weight is 264 g/mol. The first-order valence-electron chi connectivity index (χ1n) is 6.25. The Morgan fingerprint density at radius 3 is 2.50 bits per heavy atom. The second kappa shape index (κ2) is 4.74. The summed E-state index contributed by atoms with van der Waals surface area (Å²) in [4.78, 5) is 14.7. The van der Waals surface area contributed by atoms with Gasteiger partial charge in [0.05, 0.1) is 10.4 Å². The molecule has 0 fully saturated rings. The van der Waals surface area contributed by atoms with Gasteiger partial charge in [-0.2, -0.15) is 0 Å². The van der Waals surface area contributed by atoms with Crippen LogP contribution in [0.1, 0.15) is 5.56 Å². The van der Waals surface area contributed by atoms with Crippen LogP contribution in [0, 0.1) is 17.0 Å². The number of benzene rings is 2. The highest BCUT2D eigenvalue weighted by atomic mass is 16.6. The van der Waals surface area contributed by atoms with Gasteiger partial charge < -0.3 is 0 Å². The van der Waals surface area contributed by atoms with E-state index in [9.17, 15) is 10.1 Å². The molecule has 1 heterocycles. The van der Waals surface area contributed by atoms with Gasteiger partial charge in [0.1, 0.15) is 0 Å². The summed E-state index contributed by atoms with van der Waals surface area (Å²) in [7, 11) is 0. The molecule has 0 saturated carbocycles. The minimum absolute atomic E-state index is 0.100. The zero-order valence-electron chi connectivity index (χ0n) is 10.9. The van der Waals surface area contributed by atoms with E-state index in [1.165, 1.54) is 12.1 Å². The van der Waals surface area contributed by atoms with E-state index in [0.29, 0.717) is 0 Å². The largest absolute Gasteiger partial charge is 0.269 e. The number of rotatable bonds is 2. The molecule has 1 aromatic heterocycles. The number of aromatic nitrogens is 1. The summed E-state index contributed by atoms with van der Waals surface area (Å²) >= 11 is 0. The third kappa shape index (κ3) is 2.12. The lowest BCUT2D eigenvalue weighted by atomic mass is 10.00. The summed E-state index contributed by atoms with van der Waals surface area (Å²) in [5.74, 6) is 0. The van der Waals surface area contributed by atoms with Crippen molar-refractivity contribution in [3.63, 3.8) is 0 Å². The molecule has 0 N–H and O–H groups in total. The van der Waals surface area contributed by atoms with Crippen molar-refractivity contribution in [2.45, 2.75) is 6.92 Å². The van der Waals surface area contributed by atoms with Crippen molar-refractivity contribution in [1.82, 2.24) is 4.98 Å². The van der Waals surface area contributed by atoms with E-state index in [4.69, 9.17) is 0 Å². The SMILES string of the molecule is Cc1ccc2nccc(-c3ccc([N+](=O)[O-])cc3)c2c1. The third-order valence-corrected chi connectivity index (χ3v) is 3.29. The first kappa shape index (κ1) is 12.3. The fourth-order valence-electron chi connectivity index (χ4n) is 2.27. The lowest BCUT2D eigenvalue weighted by Crippen LogP contribution is -1.88. The van der Waals surface area contributed by atoms with E-state index in [0.717, 1.165) is 27.6 Å². The standard InChI is InChI=1S/C16H12N2O2/c1-11-2-7-16-15(10-11)14(8-9-17-16)12-3-5-13(6-4-12)18(19)20/h2-10H,1H3. The predicted octanol–water partition coefficient (Wildman–Crippen LogP) is 4.12. The first-order valence-corrected chi connectivity index (χ1v) is 6.25. The lowest BCUT2D eigenvalue weighted by Gasteiger charge is -2.07. The van der Waals surface area contributed by atoms with E-state index < -0.39 is 4.92 Å². The molecule has 0 radical (unpaired) electrons. The number of hydrogen-bond donors (Lipinski definition) is 0. The molecule has 3 rings (SSSR count). The topological polar surface area (TPSA) is 56.0 Å². The molecule has 0 saturated heterocycles. The summed E-state index contributed by atoms with van der Waals surface area (Å²) in [6.45, 7) is 2.03. The third-order valence-electron chi connectivity index (χ3n) is 3.29. The van der Waals surface area contributed by atoms with Gasteiger partial charge in [0.2, 0.25) is 0 Å². The van der Waals surface area contributed by atoms with Crippen molar-refractivity contribution >= 4 is 16.6 Å². The Hall–Kier alpha value is -2.75. The Labute approximate surface area is 115 Å². The van der Waals surface area contributed by atoms with Crippen molar-refractivity contribution < 1.29 is 4.92 Å². The number of aryl methyl sites for hydroxylation is 1. The van der Waals surface area contributed by atoms with E-state index in [2.05, 4.69) is 11.1 Å². The smallest absolute Gasteiger partial charge is 0.258 e. The summed E-state index contributed by atoms with van der Waals surface area (Å²) in [6, 6.07) is 14.6. The molecule has 0 atom stereocenters. The Morgan fingerprint density at radius 1 is 1.05 bits per heavy atom. The van der Waals surface area contributed by atoms with Crippen LogP contribution in [0.2, 0.25) is 0 Å². The van der Waals surface area contributed by atoms with Gasteiger partial charge in [0.15, 0.2) is 0 Å². The minimum atomic E-state index is -0.390. The average Bonchev–Trinajstić information content (AvgIpc) is 2.46. The predicted molar refractivity (Wildman–Crippen MR) is 78.6 cm³/mol. The Bertz CT molecular complexity index is 795. The van der Waals surface area contributed by atoms with E-state index in [1.54, 1.807) is 18.3 Å². The minimum Gasteiger partial charge on any atom is -0.258 e. The summed E-state index contributed by atoms with van der Waals surface area (Å²) in [5.41, 5.74) is 4.17. The van der Waals surface area contributed by atoms with Gasteiger partial charge in [-0.3, -0.25) is 15.1 Å². The lowest BCUT2D eigenvalue weighted by molar-refractivity contribution is -0.384. The van der Waals surface area contributed by atoms with Crippen LogP contribution in [0.25, 0.3) is 22.0 Å². The molecule has 98 valence electrons. The summed E-state index contributed by atoms with van der Waals surface area (Å²) in [5, 5.41) is 11.8. The van der Waals surface area contributed by atoms with Crippen LogP contribution in [-0.4, -0.2) is 9.91 Å². The summed E-state index contributed by atoms with van der Waals surface area (Å²) < 4.78 is 0. The maximum Gasteiger partial charge on any atom is 0.269 e.